The average Bonchev–Trinajstić information content (AvgIpc) is 2.25. The van der Waals surface area contributed by atoms with Crippen LogP contribution < -0.4 is 0 Å². The van der Waals surface area contributed by atoms with E-state index in [2.05, 4.69) is 46.8 Å². The molecule has 0 unspecified atom stereocenters. The van der Waals surface area contributed by atoms with Gasteiger partial charge in [0.1, 0.15) is 5.03 Å². The van der Waals surface area contributed by atoms with E-state index in [4.69, 9.17) is 0 Å². The second-order valence-corrected chi connectivity index (χ2v) is 5.30. The molecule has 0 spiro atoms. The molecule has 0 amide bonds. The Morgan fingerprint density at radius 3 is 2.47 bits per heavy atom. The SMILES string of the molecule is Brc1cnc(Sc2ncccc2Br)nc1. The monoisotopic (exact) mass is 345 g/mol. The van der Waals surface area contributed by atoms with Crippen molar-refractivity contribution in [2.45, 2.75) is 10.2 Å². The van der Waals surface area contributed by atoms with Crippen molar-refractivity contribution < 1.29 is 0 Å². The Bertz CT molecular complexity index is 461. The Hall–Kier alpha value is -0.460. The summed E-state index contributed by atoms with van der Waals surface area (Å²) in [5.41, 5.74) is 0. The first-order valence-electron chi connectivity index (χ1n) is 4.01. The lowest BCUT2D eigenvalue weighted by atomic mass is 10.5. The van der Waals surface area contributed by atoms with Gasteiger partial charge in [-0.15, -0.1) is 0 Å². The summed E-state index contributed by atoms with van der Waals surface area (Å²) in [6.07, 6.45) is 5.17. The van der Waals surface area contributed by atoms with Crippen molar-refractivity contribution in [3.63, 3.8) is 0 Å². The molecule has 15 heavy (non-hydrogen) atoms. The maximum absolute atomic E-state index is 4.22. The number of aromatic nitrogens is 3. The van der Waals surface area contributed by atoms with Crippen LogP contribution >= 0.6 is 43.6 Å². The molecular weight excluding hydrogens is 342 g/mol. The van der Waals surface area contributed by atoms with Gasteiger partial charge in [0.2, 0.25) is 0 Å². The van der Waals surface area contributed by atoms with E-state index in [9.17, 15) is 0 Å². The molecule has 0 aliphatic rings. The Balaban J connectivity index is 2.22. The summed E-state index contributed by atoms with van der Waals surface area (Å²) in [5, 5.41) is 1.54. The zero-order valence-electron chi connectivity index (χ0n) is 7.39. The van der Waals surface area contributed by atoms with Crippen LogP contribution in [0.3, 0.4) is 0 Å². The smallest absolute Gasteiger partial charge is 0.193 e. The molecule has 6 heteroatoms. The van der Waals surface area contributed by atoms with Gasteiger partial charge in [0, 0.05) is 18.6 Å². The summed E-state index contributed by atoms with van der Waals surface area (Å²) in [7, 11) is 0. The summed E-state index contributed by atoms with van der Waals surface area (Å²) in [6, 6.07) is 3.81. The lowest BCUT2D eigenvalue weighted by molar-refractivity contribution is 0.950. The van der Waals surface area contributed by atoms with E-state index in [0.29, 0.717) is 5.16 Å². The molecule has 2 aromatic rings. The van der Waals surface area contributed by atoms with E-state index in [0.717, 1.165) is 14.0 Å². The van der Waals surface area contributed by atoms with Gasteiger partial charge in [-0.25, -0.2) is 15.0 Å². The quantitative estimate of drug-likeness (QED) is 0.779. The van der Waals surface area contributed by atoms with Crippen LogP contribution in [-0.2, 0) is 0 Å². The summed E-state index contributed by atoms with van der Waals surface area (Å²) < 4.78 is 1.81. The van der Waals surface area contributed by atoms with Gasteiger partial charge in [-0.05, 0) is 55.8 Å². The molecular formula is C9H5Br2N3S. The second kappa shape index (κ2) is 5.05. The Labute approximate surface area is 108 Å². The number of pyridine rings is 1. The Kier molecular flexibility index (Phi) is 3.71. The molecule has 76 valence electrons. The predicted octanol–water partition coefficient (Wildman–Crippen LogP) is 3.55. The number of halogens is 2. The van der Waals surface area contributed by atoms with Crippen molar-refractivity contribution in [3.8, 4) is 0 Å². The van der Waals surface area contributed by atoms with E-state index in [1.54, 1.807) is 18.6 Å². The minimum atomic E-state index is 0.678. The fourth-order valence-electron chi connectivity index (χ4n) is 0.886. The standard InChI is InChI=1S/C9H5Br2N3S/c10-6-4-13-9(14-5-6)15-8-7(11)2-1-3-12-8/h1-5H. The number of rotatable bonds is 2. The lowest BCUT2D eigenvalue weighted by Crippen LogP contribution is -1.87. The minimum absolute atomic E-state index is 0.678. The van der Waals surface area contributed by atoms with Crippen LogP contribution in [0.4, 0.5) is 0 Å². The number of hydrogen-bond acceptors (Lipinski definition) is 4. The van der Waals surface area contributed by atoms with Crippen LogP contribution in [0.1, 0.15) is 0 Å². The molecule has 2 rings (SSSR count). The molecule has 0 N–H and O–H groups in total. The molecule has 0 aliphatic carbocycles. The molecule has 0 fully saturated rings. The topological polar surface area (TPSA) is 38.7 Å². The van der Waals surface area contributed by atoms with Crippen LogP contribution in [0.5, 0.6) is 0 Å². The van der Waals surface area contributed by atoms with Crippen LogP contribution in [0.2, 0.25) is 0 Å². The molecule has 0 saturated carbocycles. The largest absolute Gasteiger partial charge is 0.248 e. The molecule has 0 aliphatic heterocycles. The van der Waals surface area contributed by atoms with Crippen molar-refractivity contribution in [2.24, 2.45) is 0 Å². The van der Waals surface area contributed by atoms with Crippen molar-refractivity contribution in [1.82, 2.24) is 15.0 Å². The first-order chi connectivity index (χ1) is 7.25. The molecule has 0 aromatic carbocycles. The van der Waals surface area contributed by atoms with E-state index < -0.39 is 0 Å². The van der Waals surface area contributed by atoms with Crippen molar-refractivity contribution >= 4 is 43.6 Å². The molecule has 0 bridgehead atoms. The van der Waals surface area contributed by atoms with Gasteiger partial charge in [-0.3, -0.25) is 0 Å². The van der Waals surface area contributed by atoms with Gasteiger partial charge in [0.25, 0.3) is 0 Å². The second-order valence-electron chi connectivity index (χ2n) is 2.58. The van der Waals surface area contributed by atoms with Gasteiger partial charge in [-0.2, -0.15) is 0 Å². The highest BCUT2D eigenvalue weighted by Crippen LogP contribution is 2.28. The molecule has 0 saturated heterocycles. The highest BCUT2D eigenvalue weighted by atomic mass is 79.9. The zero-order chi connectivity index (χ0) is 10.7. The molecule has 3 nitrogen and oxygen atoms in total. The van der Waals surface area contributed by atoms with Crippen molar-refractivity contribution in [3.05, 3.63) is 39.7 Å². The maximum Gasteiger partial charge on any atom is 0.193 e. The van der Waals surface area contributed by atoms with E-state index in [1.807, 2.05) is 12.1 Å². The number of nitrogens with zero attached hydrogens (tertiary/aromatic N) is 3. The first kappa shape index (κ1) is 11.0. The highest BCUT2D eigenvalue weighted by Gasteiger charge is 2.04. The van der Waals surface area contributed by atoms with Gasteiger partial charge < -0.3 is 0 Å². The number of hydrogen-bond donors (Lipinski definition) is 0. The third-order valence-corrected chi connectivity index (χ3v) is 3.73. The highest BCUT2D eigenvalue weighted by molar-refractivity contribution is 9.10. The van der Waals surface area contributed by atoms with Crippen molar-refractivity contribution in [1.29, 1.82) is 0 Å². The Morgan fingerprint density at radius 2 is 1.80 bits per heavy atom. The summed E-state index contributed by atoms with van der Waals surface area (Å²) in [5.74, 6) is 0. The molecule has 2 aromatic heterocycles. The first-order valence-corrected chi connectivity index (χ1v) is 6.42. The molecule has 0 radical (unpaired) electrons. The van der Waals surface area contributed by atoms with Gasteiger partial charge >= 0.3 is 0 Å². The van der Waals surface area contributed by atoms with Gasteiger partial charge in [-0.1, -0.05) is 0 Å². The van der Waals surface area contributed by atoms with Crippen LogP contribution in [0, 0.1) is 0 Å². The van der Waals surface area contributed by atoms with Crippen LogP contribution in [0.25, 0.3) is 0 Å². The summed E-state index contributed by atoms with van der Waals surface area (Å²) >= 11 is 8.13. The summed E-state index contributed by atoms with van der Waals surface area (Å²) in [4.78, 5) is 12.5. The third kappa shape index (κ3) is 2.99. The normalized spacial score (nSPS) is 10.3. The maximum atomic E-state index is 4.22. The van der Waals surface area contributed by atoms with Crippen molar-refractivity contribution in [2.75, 3.05) is 0 Å². The fourth-order valence-corrected chi connectivity index (χ4v) is 2.25. The Morgan fingerprint density at radius 1 is 1.07 bits per heavy atom. The minimum Gasteiger partial charge on any atom is -0.248 e. The zero-order valence-corrected chi connectivity index (χ0v) is 11.4. The van der Waals surface area contributed by atoms with E-state index >= 15 is 0 Å². The summed E-state index contributed by atoms with van der Waals surface area (Å²) in [6.45, 7) is 0. The van der Waals surface area contributed by atoms with Gasteiger partial charge in [0.15, 0.2) is 5.16 Å². The van der Waals surface area contributed by atoms with Crippen LogP contribution in [-0.4, -0.2) is 15.0 Å². The molecule has 2 heterocycles. The fraction of sp³-hybridized carbons (Fsp3) is 0. The predicted molar refractivity (Wildman–Crippen MR) is 65.8 cm³/mol. The molecule has 0 atom stereocenters. The lowest BCUT2D eigenvalue weighted by Gasteiger charge is -2.00. The third-order valence-electron chi connectivity index (χ3n) is 1.51. The van der Waals surface area contributed by atoms with Gasteiger partial charge in [0.05, 0.1) is 8.95 Å². The van der Waals surface area contributed by atoms with Crippen LogP contribution in [0.15, 0.2) is 49.9 Å². The average molecular weight is 347 g/mol. The van der Waals surface area contributed by atoms with E-state index in [1.165, 1.54) is 11.8 Å². The van der Waals surface area contributed by atoms with E-state index in [-0.39, 0.29) is 0 Å².